The number of aldehydes is 1. The van der Waals surface area contributed by atoms with Gasteiger partial charge in [0.05, 0.1) is 0 Å². The molecule has 0 aliphatic carbocycles. The monoisotopic (exact) mass is 214 g/mol. The lowest BCUT2D eigenvalue weighted by Gasteiger charge is -2.11. The second-order valence-electron chi connectivity index (χ2n) is 3.43. The van der Waals surface area contributed by atoms with Crippen LogP contribution >= 0.6 is 11.6 Å². The SMILES string of the molecule is Cc1cc(F)c(C(C)CC=O)cc1Cl. The van der Waals surface area contributed by atoms with Gasteiger partial charge >= 0.3 is 0 Å². The highest BCUT2D eigenvalue weighted by Crippen LogP contribution is 2.26. The fourth-order valence-electron chi connectivity index (χ4n) is 1.31. The minimum atomic E-state index is -0.291. The van der Waals surface area contributed by atoms with Gasteiger partial charge in [-0.25, -0.2) is 4.39 Å². The van der Waals surface area contributed by atoms with Crippen LogP contribution in [0.1, 0.15) is 30.4 Å². The molecular weight excluding hydrogens is 203 g/mol. The summed E-state index contributed by atoms with van der Waals surface area (Å²) in [5.41, 5.74) is 1.22. The van der Waals surface area contributed by atoms with Crippen molar-refractivity contribution < 1.29 is 9.18 Å². The number of hydrogen-bond acceptors (Lipinski definition) is 1. The zero-order chi connectivity index (χ0) is 10.7. The van der Waals surface area contributed by atoms with Gasteiger partial charge in [-0.3, -0.25) is 0 Å². The number of benzene rings is 1. The maximum absolute atomic E-state index is 13.4. The van der Waals surface area contributed by atoms with Crippen LogP contribution in [-0.2, 0) is 4.79 Å². The predicted molar refractivity (Wildman–Crippen MR) is 55.2 cm³/mol. The quantitative estimate of drug-likeness (QED) is 0.704. The number of carbonyl (C=O) groups is 1. The van der Waals surface area contributed by atoms with Gasteiger partial charge in [-0.1, -0.05) is 18.5 Å². The summed E-state index contributed by atoms with van der Waals surface area (Å²) in [6.07, 6.45) is 1.11. The Morgan fingerprint density at radius 1 is 1.57 bits per heavy atom. The molecule has 0 amide bonds. The molecule has 1 nitrogen and oxygen atoms in total. The first-order valence-electron chi connectivity index (χ1n) is 4.45. The Kier molecular flexibility index (Phi) is 3.64. The topological polar surface area (TPSA) is 17.1 Å². The van der Waals surface area contributed by atoms with E-state index >= 15 is 0 Å². The molecule has 3 heteroatoms. The smallest absolute Gasteiger partial charge is 0.127 e. The fourth-order valence-corrected chi connectivity index (χ4v) is 1.48. The van der Waals surface area contributed by atoms with E-state index in [-0.39, 0.29) is 11.7 Å². The summed E-state index contributed by atoms with van der Waals surface area (Å²) in [4.78, 5) is 10.3. The third-order valence-electron chi connectivity index (χ3n) is 2.26. The maximum Gasteiger partial charge on any atom is 0.127 e. The lowest BCUT2D eigenvalue weighted by molar-refractivity contribution is -0.108. The van der Waals surface area contributed by atoms with E-state index in [2.05, 4.69) is 0 Å². The summed E-state index contributed by atoms with van der Waals surface area (Å²) in [5.74, 6) is -0.410. The first-order valence-corrected chi connectivity index (χ1v) is 4.83. The van der Waals surface area contributed by atoms with Gasteiger partial charge in [0, 0.05) is 11.4 Å². The number of rotatable bonds is 3. The third-order valence-corrected chi connectivity index (χ3v) is 2.67. The van der Waals surface area contributed by atoms with Crippen LogP contribution in [0, 0.1) is 12.7 Å². The van der Waals surface area contributed by atoms with Crippen molar-refractivity contribution in [2.75, 3.05) is 0 Å². The first kappa shape index (κ1) is 11.2. The lowest BCUT2D eigenvalue weighted by atomic mass is 9.97. The third kappa shape index (κ3) is 2.32. The van der Waals surface area contributed by atoms with Gasteiger partial charge in [0.25, 0.3) is 0 Å². The minimum absolute atomic E-state index is 0.120. The van der Waals surface area contributed by atoms with Crippen molar-refractivity contribution in [3.05, 3.63) is 34.1 Å². The van der Waals surface area contributed by atoms with Gasteiger partial charge in [0.15, 0.2) is 0 Å². The number of halogens is 2. The van der Waals surface area contributed by atoms with Crippen LogP contribution in [0.4, 0.5) is 4.39 Å². The highest BCUT2D eigenvalue weighted by Gasteiger charge is 2.12. The Morgan fingerprint density at radius 2 is 2.21 bits per heavy atom. The van der Waals surface area contributed by atoms with Crippen molar-refractivity contribution in [1.82, 2.24) is 0 Å². The van der Waals surface area contributed by atoms with E-state index in [1.165, 1.54) is 6.07 Å². The zero-order valence-electron chi connectivity index (χ0n) is 8.18. The molecule has 0 fully saturated rings. The molecule has 1 aromatic rings. The number of hydrogen-bond donors (Lipinski definition) is 0. The van der Waals surface area contributed by atoms with Crippen molar-refractivity contribution in [3.63, 3.8) is 0 Å². The first-order chi connectivity index (χ1) is 6.56. The summed E-state index contributed by atoms with van der Waals surface area (Å²) in [7, 11) is 0. The highest BCUT2D eigenvalue weighted by molar-refractivity contribution is 6.31. The van der Waals surface area contributed by atoms with Crippen molar-refractivity contribution in [1.29, 1.82) is 0 Å². The average Bonchev–Trinajstić information content (AvgIpc) is 2.11. The Labute approximate surface area is 87.9 Å². The second kappa shape index (κ2) is 4.56. The lowest BCUT2D eigenvalue weighted by Crippen LogP contribution is -1.99. The van der Waals surface area contributed by atoms with Crippen molar-refractivity contribution in [3.8, 4) is 0 Å². The molecule has 0 saturated heterocycles. The van der Waals surface area contributed by atoms with Gasteiger partial charge in [0.2, 0.25) is 0 Å². The van der Waals surface area contributed by atoms with Crippen molar-refractivity contribution >= 4 is 17.9 Å². The van der Waals surface area contributed by atoms with E-state index in [0.717, 1.165) is 6.29 Å². The van der Waals surface area contributed by atoms with Crippen LogP contribution in [0.2, 0.25) is 5.02 Å². The van der Waals surface area contributed by atoms with E-state index in [0.29, 0.717) is 22.6 Å². The maximum atomic E-state index is 13.4. The minimum Gasteiger partial charge on any atom is -0.303 e. The zero-order valence-corrected chi connectivity index (χ0v) is 8.94. The number of carbonyl (C=O) groups excluding carboxylic acids is 1. The van der Waals surface area contributed by atoms with E-state index in [1.54, 1.807) is 19.9 Å². The van der Waals surface area contributed by atoms with Crippen LogP contribution in [0.3, 0.4) is 0 Å². The highest BCUT2D eigenvalue weighted by atomic mass is 35.5. The average molecular weight is 215 g/mol. The molecule has 0 radical (unpaired) electrons. The van der Waals surface area contributed by atoms with Crippen molar-refractivity contribution in [2.24, 2.45) is 0 Å². The molecule has 0 aromatic heterocycles. The Morgan fingerprint density at radius 3 is 2.79 bits per heavy atom. The summed E-state index contributed by atoms with van der Waals surface area (Å²) in [5, 5.41) is 0.541. The van der Waals surface area contributed by atoms with E-state index in [1.807, 2.05) is 0 Å². The molecule has 1 rings (SSSR count). The predicted octanol–water partition coefficient (Wildman–Crippen LogP) is 3.48. The molecule has 1 unspecified atom stereocenters. The Balaban J connectivity index is 3.08. The molecule has 76 valence electrons. The largest absolute Gasteiger partial charge is 0.303 e. The summed E-state index contributed by atoms with van der Waals surface area (Å²) < 4.78 is 13.4. The molecule has 0 N–H and O–H groups in total. The van der Waals surface area contributed by atoms with Crippen LogP contribution in [0.5, 0.6) is 0 Å². The van der Waals surface area contributed by atoms with Gasteiger partial charge in [-0.15, -0.1) is 0 Å². The standard InChI is InChI=1S/C11H12ClFO/c1-7(3-4-14)9-6-10(12)8(2)5-11(9)13/h4-7H,3H2,1-2H3. The summed E-state index contributed by atoms with van der Waals surface area (Å²) in [6, 6.07) is 3.00. The Bertz CT molecular complexity index is 349. The fraction of sp³-hybridized carbons (Fsp3) is 0.364. The molecule has 0 heterocycles. The molecule has 0 bridgehead atoms. The van der Waals surface area contributed by atoms with Crippen LogP contribution in [0.25, 0.3) is 0 Å². The van der Waals surface area contributed by atoms with Gasteiger partial charge in [-0.05, 0) is 36.1 Å². The van der Waals surface area contributed by atoms with Crippen LogP contribution < -0.4 is 0 Å². The molecule has 1 aromatic carbocycles. The van der Waals surface area contributed by atoms with Gasteiger partial charge in [0.1, 0.15) is 12.1 Å². The van der Waals surface area contributed by atoms with Crippen LogP contribution in [-0.4, -0.2) is 6.29 Å². The van der Waals surface area contributed by atoms with E-state index in [4.69, 9.17) is 11.6 Å². The summed E-state index contributed by atoms with van der Waals surface area (Å²) >= 11 is 5.88. The molecule has 1 atom stereocenters. The summed E-state index contributed by atoms with van der Waals surface area (Å²) in [6.45, 7) is 3.55. The molecule has 0 saturated carbocycles. The Hall–Kier alpha value is -0.890. The van der Waals surface area contributed by atoms with Gasteiger partial charge in [-0.2, -0.15) is 0 Å². The molecule has 0 aliphatic rings. The molecule has 14 heavy (non-hydrogen) atoms. The van der Waals surface area contributed by atoms with E-state index in [9.17, 15) is 9.18 Å². The normalized spacial score (nSPS) is 12.6. The van der Waals surface area contributed by atoms with Gasteiger partial charge < -0.3 is 4.79 Å². The van der Waals surface area contributed by atoms with E-state index < -0.39 is 0 Å². The molecular formula is C11H12ClFO. The van der Waals surface area contributed by atoms with Crippen molar-refractivity contribution in [2.45, 2.75) is 26.2 Å². The molecule has 0 aliphatic heterocycles. The second-order valence-corrected chi connectivity index (χ2v) is 3.83. The number of aryl methyl sites for hydroxylation is 1. The van der Waals surface area contributed by atoms with Crippen LogP contribution in [0.15, 0.2) is 12.1 Å². The molecule has 0 spiro atoms.